The average Bonchev–Trinajstić information content (AvgIpc) is 2.18. The van der Waals surface area contributed by atoms with E-state index in [4.69, 9.17) is 4.74 Å². The highest BCUT2D eigenvalue weighted by Crippen LogP contribution is 2.39. The molecule has 0 unspecified atom stereocenters. The fraction of sp³-hybridized carbons (Fsp3) is 0.786. The van der Waals surface area contributed by atoms with Crippen molar-refractivity contribution in [2.75, 3.05) is 6.54 Å². The van der Waals surface area contributed by atoms with Gasteiger partial charge in [0.25, 0.3) is 0 Å². The fourth-order valence-electron chi connectivity index (χ4n) is 2.14. The zero-order valence-electron chi connectivity index (χ0n) is 12.7. The maximum Gasteiger partial charge on any atom is 0.410 e. The number of hydrogen-bond donors (Lipinski definition) is 1. The van der Waals surface area contributed by atoms with Crippen LogP contribution >= 0.6 is 0 Å². The van der Waals surface area contributed by atoms with Crippen molar-refractivity contribution < 1.29 is 24.2 Å². The highest BCUT2D eigenvalue weighted by Gasteiger charge is 2.52. The number of hydrogen-bond acceptors (Lipinski definition) is 4. The monoisotopic (exact) mass is 285 g/mol. The number of carboxylic acid groups (broad SMARTS) is 1. The molecule has 0 aromatic heterocycles. The third-order valence-corrected chi connectivity index (χ3v) is 3.25. The summed E-state index contributed by atoms with van der Waals surface area (Å²) in [6, 6.07) is -0.197. The van der Waals surface area contributed by atoms with E-state index in [1.54, 1.807) is 34.6 Å². The van der Waals surface area contributed by atoms with E-state index < -0.39 is 23.1 Å². The molecule has 1 fully saturated rings. The molecular weight excluding hydrogens is 262 g/mol. The Kier molecular flexibility index (Phi) is 4.46. The smallest absolute Gasteiger partial charge is 0.410 e. The molecule has 1 amide bonds. The standard InChI is InChI=1S/C14H23NO5/c1-9(2)15(12(19)20-13(3,4)5)8-14(11(17)18)6-10(16)7-14/h9H,6-8H2,1-5H3,(H,17,18). The Bertz CT molecular complexity index is 414. The Hall–Kier alpha value is -1.59. The van der Waals surface area contributed by atoms with Crippen molar-refractivity contribution >= 4 is 17.8 Å². The summed E-state index contributed by atoms with van der Waals surface area (Å²) in [4.78, 5) is 36.1. The van der Waals surface area contributed by atoms with E-state index >= 15 is 0 Å². The van der Waals surface area contributed by atoms with Gasteiger partial charge in [0.1, 0.15) is 11.4 Å². The summed E-state index contributed by atoms with van der Waals surface area (Å²) in [6.45, 7) is 8.84. The van der Waals surface area contributed by atoms with Crippen LogP contribution in [0.3, 0.4) is 0 Å². The Morgan fingerprint density at radius 1 is 1.35 bits per heavy atom. The average molecular weight is 285 g/mol. The van der Waals surface area contributed by atoms with Gasteiger partial charge in [0.2, 0.25) is 0 Å². The Morgan fingerprint density at radius 2 is 1.85 bits per heavy atom. The predicted octanol–water partition coefficient (Wildman–Crippen LogP) is 2.07. The Morgan fingerprint density at radius 3 is 2.15 bits per heavy atom. The first-order valence-electron chi connectivity index (χ1n) is 6.71. The zero-order valence-corrected chi connectivity index (χ0v) is 12.7. The van der Waals surface area contributed by atoms with Gasteiger partial charge in [0, 0.05) is 25.4 Å². The van der Waals surface area contributed by atoms with Crippen LogP contribution in [-0.4, -0.2) is 46.0 Å². The van der Waals surface area contributed by atoms with Crippen molar-refractivity contribution in [2.45, 2.75) is 59.1 Å². The van der Waals surface area contributed by atoms with Gasteiger partial charge in [-0.3, -0.25) is 9.59 Å². The van der Waals surface area contributed by atoms with Crippen LogP contribution in [0.15, 0.2) is 0 Å². The molecule has 0 aliphatic heterocycles. The first kappa shape index (κ1) is 16.5. The van der Waals surface area contributed by atoms with Gasteiger partial charge >= 0.3 is 12.1 Å². The van der Waals surface area contributed by atoms with Crippen molar-refractivity contribution in [2.24, 2.45) is 5.41 Å². The largest absolute Gasteiger partial charge is 0.481 e. The minimum atomic E-state index is -1.15. The van der Waals surface area contributed by atoms with Gasteiger partial charge in [-0.05, 0) is 34.6 Å². The summed E-state index contributed by atoms with van der Waals surface area (Å²) >= 11 is 0. The minimum absolute atomic E-state index is 0.000648. The van der Waals surface area contributed by atoms with E-state index in [1.807, 2.05) is 0 Å². The molecule has 1 rings (SSSR count). The van der Waals surface area contributed by atoms with Gasteiger partial charge in [-0.25, -0.2) is 4.79 Å². The second-order valence-corrected chi connectivity index (χ2v) is 6.68. The molecule has 6 nitrogen and oxygen atoms in total. The van der Waals surface area contributed by atoms with Gasteiger partial charge in [-0.15, -0.1) is 0 Å². The second-order valence-electron chi connectivity index (χ2n) is 6.68. The van der Waals surface area contributed by atoms with Crippen LogP contribution in [0.25, 0.3) is 0 Å². The molecule has 0 spiro atoms. The number of aliphatic carboxylic acids is 1. The quantitative estimate of drug-likeness (QED) is 0.854. The fourth-order valence-corrected chi connectivity index (χ4v) is 2.14. The van der Waals surface area contributed by atoms with Crippen molar-refractivity contribution in [1.29, 1.82) is 0 Å². The predicted molar refractivity (Wildman–Crippen MR) is 72.4 cm³/mol. The van der Waals surface area contributed by atoms with Crippen molar-refractivity contribution in [3.8, 4) is 0 Å². The number of nitrogens with zero attached hydrogens (tertiary/aromatic N) is 1. The molecule has 114 valence electrons. The summed E-state index contributed by atoms with van der Waals surface area (Å²) in [7, 11) is 0. The highest BCUT2D eigenvalue weighted by molar-refractivity contribution is 5.97. The van der Waals surface area contributed by atoms with Gasteiger partial charge in [0.15, 0.2) is 0 Å². The van der Waals surface area contributed by atoms with Crippen LogP contribution in [0.5, 0.6) is 0 Å². The molecule has 1 aliphatic carbocycles. The lowest BCUT2D eigenvalue weighted by Gasteiger charge is -2.41. The van der Waals surface area contributed by atoms with Crippen LogP contribution in [0.4, 0.5) is 4.79 Å². The SMILES string of the molecule is CC(C)N(CC1(C(=O)O)CC(=O)C1)C(=O)OC(C)(C)C. The second kappa shape index (κ2) is 5.42. The molecule has 0 radical (unpaired) electrons. The number of ether oxygens (including phenoxy) is 1. The first-order valence-corrected chi connectivity index (χ1v) is 6.71. The van der Waals surface area contributed by atoms with Gasteiger partial charge in [-0.2, -0.15) is 0 Å². The molecule has 1 saturated carbocycles. The third-order valence-electron chi connectivity index (χ3n) is 3.25. The number of carbonyl (C=O) groups excluding carboxylic acids is 2. The zero-order chi connectivity index (χ0) is 15.7. The third kappa shape index (κ3) is 3.71. The number of amides is 1. The van der Waals surface area contributed by atoms with Gasteiger partial charge in [0.05, 0.1) is 5.41 Å². The van der Waals surface area contributed by atoms with E-state index in [9.17, 15) is 19.5 Å². The number of carbonyl (C=O) groups is 3. The van der Waals surface area contributed by atoms with E-state index in [-0.39, 0.29) is 31.2 Å². The normalized spacial score (nSPS) is 17.6. The molecule has 1 N–H and O–H groups in total. The summed E-state index contributed by atoms with van der Waals surface area (Å²) in [5.74, 6) is -1.12. The van der Waals surface area contributed by atoms with Crippen LogP contribution in [-0.2, 0) is 14.3 Å². The lowest BCUT2D eigenvalue weighted by atomic mass is 9.67. The lowest BCUT2D eigenvalue weighted by Crippen LogP contribution is -2.55. The Labute approximate surface area is 119 Å². The van der Waals surface area contributed by atoms with Crippen molar-refractivity contribution in [1.82, 2.24) is 4.90 Å². The van der Waals surface area contributed by atoms with E-state index in [0.29, 0.717) is 0 Å². The van der Waals surface area contributed by atoms with Crippen LogP contribution < -0.4 is 0 Å². The van der Waals surface area contributed by atoms with E-state index in [2.05, 4.69) is 0 Å². The lowest BCUT2D eigenvalue weighted by molar-refractivity contribution is -0.162. The first-order chi connectivity index (χ1) is 8.97. The molecule has 6 heteroatoms. The van der Waals surface area contributed by atoms with Gasteiger partial charge in [-0.1, -0.05) is 0 Å². The van der Waals surface area contributed by atoms with E-state index in [1.165, 1.54) is 4.90 Å². The molecule has 0 bridgehead atoms. The molecule has 0 heterocycles. The summed E-state index contributed by atoms with van der Waals surface area (Å²) < 4.78 is 5.29. The summed E-state index contributed by atoms with van der Waals surface area (Å²) in [5, 5.41) is 9.32. The van der Waals surface area contributed by atoms with Gasteiger partial charge < -0.3 is 14.7 Å². The van der Waals surface area contributed by atoms with Crippen LogP contribution in [0.1, 0.15) is 47.5 Å². The van der Waals surface area contributed by atoms with Crippen LogP contribution in [0.2, 0.25) is 0 Å². The number of ketones is 1. The Balaban J connectivity index is 2.85. The molecule has 1 aliphatic rings. The highest BCUT2D eigenvalue weighted by atomic mass is 16.6. The molecular formula is C14H23NO5. The molecule has 0 aromatic rings. The number of rotatable bonds is 4. The van der Waals surface area contributed by atoms with Crippen LogP contribution in [0, 0.1) is 5.41 Å². The number of carboxylic acids is 1. The molecule has 0 atom stereocenters. The maximum absolute atomic E-state index is 12.1. The summed E-state index contributed by atoms with van der Waals surface area (Å²) in [6.07, 6.45) is -0.588. The maximum atomic E-state index is 12.1. The number of Topliss-reactive ketones (excluding diaryl/α,β-unsaturated/α-hetero) is 1. The van der Waals surface area contributed by atoms with E-state index in [0.717, 1.165) is 0 Å². The topological polar surface area (TPSA) is 83.9 Å². The summed E-state index contributed by atoms with van der Waals surface area (Å²) in [5.41, 5.74) is -1.80. The van der Waals surface area contributed by atoms with Crippen molar-refractivity contribution in [3.63, 3.8) is 0 Å². The minimum Gasteiger partial charge on any atom is -0.481 e. The molecule has 0 aromatic carbocycles. The molecule has 20 heavy (non-hydrogen) atoms. The molecule has 0 saturated heterocycles. The van der Waals surface area contributed by atoms with Crippen molar-refractivity contribution in [3.05, 3.63) is 0 Å².